The number of hydrogen-bond donors (Lipinski definition) is 2. The zero-order chi connectivity index (χ0) is 12.6. The third-order valence-corrected chi connectivity index (χ3v) is 6.84. The lowest BCUT2D eigenvalue weighted by Gasteiger charge is -2.39. The molecule has 0 aromatic rings. The van der Waals surface area contributed by atoms with Gasteiger partial charge < -0.3 is 10.2 Å². The molecule has 0 radical (unpaired) electrons. The zero-order valence-electron chi connectivity index (χ0n) is 11.5. The van der Waals surface area contributed by atoms with Gasteiger partial charge in [-0.3, -0.25) is 0 Å². The minimum absolute atomic E-state index is 0.182. The minimum Gasteiger partial charge on any atom is -0.390 e. The van der Waals surface area contributed by atoms with E-state index in [1.54, 1.807) is 0 Å². The van der Waals surface area contributed by atoms with Gasteiger partial charge in [0.05, 0.1) is 12.2 Å². The van der Waals surface area contributed by atoms with E-state index in [1.807, 2.05) is 0 Å². The van der Waals surface area contributed by atoms with Crippen LogP contribution in [-0.4, -0.2) is 22.4 Å². The van der Waals surface area contributed by atoms with Crippen molar-refractivity contribution in [2.45, 2.75) is 59.2 Å². The maximum absolute atomic E-state index is 10.5. The summed E-state index contributed by atoms with van der Waals surface area (Å²) >= 11 is 0. The lowest BCUT2D eigenvalue weighted by Crippen LogP contribution is -2.38. The van der Waals surface area contributed by atoms with Crippen LogP contribution >= 0.6 is 0 Å². The van der Waals surface area contributed by atoms with Gasteiger partial charge in [0.1, 0.15) is 0 Å². The van der Waals surface area contributed by atoms with E-state index in [1.165, 1.54) is 19.3 Å². The number of aliphatic hydroxyl groups is 2. The third-order valence-electron chi connectivity index (χ3n) is 6.84. The average Bonchev–Trinajstić information content (AvgIpc) is 2.58. The van der Waals surface area contributed by atoms with Crippen molar-refractivity contribution in [2.75, 3.05) is 0 Å². The van der Waals surface area contributed by atoms with Gasteiger partial charge in [0.15, 0.2) is 0 Å². The predicted molar refractivity (Wildman–Crippen MR) is 67.4 cm³/mol. The van der Waals surface area contributed by atoms with Crippen LogP contribution in [0.5, 0.6) is 0 Å². The summed E-state index contributed by atoms with van der Waals surface area (Å²) in [6.45, 7) is 9.16. The van der Waals surface area contributed by atoms with Crippen LogP contribution in [0.25, 0.3) is 0 Å². The maximum Gasteiger partial charge on any atom is 0.0840 e. The standard InChI is InChI=1S/C15H26O2/c1-8-5-6-15-7-10(8)14(3,4)13(15)12(17)11(16)9(15)2/h8-13,16-17H,5-7H2,1-4H3/t8-,9+,10+,11?,12?,13+,15+/m1/s1. The highest BCUT2D eigenvalue weighted by Gasteiger charge is 2.70. The molecule has 3 fully saturated rings. The van der Waals surface area contributed by atoms with Crippen LogP contribution in [0, 0.1) is 34.5 Å². The van der Waals surface area contributed by atoms with Crippen molar-refractivity contribution in [3.63, 3.8) is 0 Å². The Balaban J connectivity index is 2.09. The average molecular weight is 238 g/mol. The molecule has 2 N–H and O–H groups in total. The van der Waals surface area contributed by atoms with Crippen molar-refractivity contribution < 1.29 is 10.2 Å². The quantitative estimate of drug-likeness (QED) is 0.680. The Labute approximate surface area is 104 Å². The highest BCUT2D eigenvalue weighted by molar-refractivity contribution is 5.18. The highest BCUT2D eigenvalue weighted by Crippen LogP contribution is 2.72. The van der Waals surface area contributed by atoms with Crippen molar-refractivity contribution >= 4 is 0 Å². The predicted octanol–water partition coefficient (Wildman–Crippen LogP) is 2.44. The number of hydrogen-bond acceptors (Lipinski definition) is 2. The van der Waals surface area contributed by atoms with Crippen molar-refractivity contribution in [3.8, 4) is 0 Å². The van der Waals surface area contributed by atoms with Crippen LogP contribution < -0.4 is 0 Å². The Bertz CT molecular complexity index is 338. The van der Waals surface area contributed by atoms with Gasteiger partial charge in [-0.2, -0.15) is 0 Å². The van der Waals surface area contributed by atoms with Gasteiger partial charge in [-0.15, -0.1) is 0 Å². The summed E-state index contributed by atoms with van der Waals surface area (Å²) in [5, 5.41) is 20.7. The van der Waals surface area contributed by atoms with Gasteiger partial charge in [-0.25, -0.2) is 0 Å². The van der Waals surface area contributed by atoms with Gasteiger partial charge in [0.2, 0.25) is 0 Å². The summed E-state index contributed by atoms with van der Waals surface area (Å²) in [5.41, 5.74) is 0.403. The molecule has 3 saturated carbocycles. The molecule has 1 spiro atoms. The molecule has 0 aromatic carbocycles. The SMILES string of the molecule is C[C@@H]1CC[C@@]23C[C@@H]1C(C)(C)[C@@H]2C(O)C(O)[C@@H]3C. The Morgan fingerprint density at radius 1 is 1.06 bits per heavy atom. The van der Waals surface area contributed by atoms with Crippen molar-refractivity contribution in [1.82, 2.24) is 0 Å². The maximum atomic E-state index is 10.5. The van der Waals surface area contributed by atoms with Crippen LogP contribution in [-0.2, 0) is 0 Å². The number of aliphatic hydroxyl groups excluding tert-OH is 2. The first-order valence-electron chi connectivity index (χ1n) is 7.18. The van der Waals surface area contributed by atoms with Gasteiger partial charge in [-0.05, 0) is 53.8 Å². The molecule has 3 aliphatic carbocycles. The minimum atomic E-state index is -0.506. The molecule has 3 aliphatic rings. The largest absolute Gasteiger partial charge is 0.390 e. The smallest absolute Gasteiger partial charge is 0.0840 e. The lowest BCUT2D eigenvalue weighted by atomic mass is 9.65. The molecular formula is C15H26O2. The molecular weight excluding hydrogens is 212 g/mol. The second kappa shape index (κ2) is 3.27. The number of rotatable bonds is 0. The Kier molecular flexibility index (Phi) is 2.30. The molecule has 3 rings (SSSR count). The van der Waals surface area contributed by atoms with Gasteiger partial charge >= 0.3 is 0 Å². The first kappa shape index (κ1) is 12.0. The summed E-state index contributed by atoms with van der Waals surface area (Å²) in [4.78, 5) is 0. The van der Waals surface area contributed by atoms with E-state index in [-0.39, 0.29) is 16.7 Å². The fraction of sp³-hybridized carbons (Fsp3) is 1.00. The zero-order valence-corrected chi connectivity index (χ0v) is 11.5. The molecule has 17 heavy (non-hydrogen) atoms. The molecule has 2 bridgehead atoms. The van der Waals surface area contributed by atoms with Crippen molar-refractivity contribution in [1.29, 1.82) is 0 Å². The van der Waals surface area contributed by atoms with Crippen LogP contribution in [0.15, 0.2) is 0 Å². The molecule has 0 aromatic heterocycles. The van der Waals surface area contributed by atoms with Crippen LogP contribution in [0.2, 0.25) is 0 Å². The number of fused-ring (bicyclic) bond motifs is 1. The van der Waals surface area contributed by atoms with E-state index in [0.29, 0.717) is 5.92 Å². The molecule has 0 saturated heterocycles. The Morgan fingerprint density at radius 2 is 1.71 bits per heavy atom. The van der Waals surface area contributed by atoms with E-state index in [4.69, 9.17) is 0 Å². The van der Waals surface area contributed by atoms with Crippen LogP contribution in [0.3, 0.4) is 0 Å². The van der Waals surface area contributed by atoms with Crippen LogP contribution in [0.4, 0.5) is 0 Å². The molecule has 2 unspecified atom stereocenters. The fourth-order valence-electron chi connectivity index (χ4n) is 5.97. The molecule has 2 heteroatoms. The third kappa shape index (κ3) is 1.19. The Morgan fingerprint density at radius 3 is 2.35 bits per heavy atom. The van der Waals surface area contributed by atoms with Gasteiger partial charge in [0.25, 0.3) is 0 Å². The summed E-state index contributed by atoms with van der Waals surface area (Å²) in [7, 11) is 0. The van der Waals surface area contributed by atoms with E-state index in [2.05, 4.69) is 27.7 Å². The molecule has 0 heterocycles. The molecule has 0 aliphatic heterocycles. The van der Waals surface area contributed by atoms with Gasteiger partial charge in [-0.1, -0.05) is 27.7 Å². The van der Waals surface area contributed by atoms with Crippen molar-refractivity contribution in [3.05, 3.63) is 0 Å². The normalized spacial score (nSPS) is 60.4. The summed E-state index contributed by atoms with van der Waals surface area (Å²) in [5.74, 6) is 2.07. The van der Waals surface area contributed by atoms with E-state index < -0.39 is 12.2 Å². The first-order valence-corrected chi connectivity index (χ1v) is 7.18. The van der Waals surface area contributed by atoms with Gasteiger partial charge in [0, 0.05) is 0 Å². The molecule has 7 atom stereocenters. The summed E-state index contributed by atoms with van der Waals surface area (Å²) in [6.07, 6.45) is 2.69. The summed E-state index contributed by atoms with van der Waals surface area (Å²) in [6, 6.07) is 0. The molecule has 0 amide bonds. The topological polar surface area (TPSA) is 40.5 Å². The van der Waals surface area contributed by atoms with Crippen LogP contribution in [0.1, 0.15) is 47.0 Å². The van der Waals surface area contributed by atoms with Crippen molar-refractivity contribution in [2.24, 2.45) is 34.5 Å². The molecule has 98 valence electrons. The monoisotopic (exact) mass is 238 g/mol. The van der Waals surface area contributed by atoms with E-state index in [9.17, 15) is 10.2 Å². The first-order chi connectivity index (χ1) is 7.82. The summed E-state index contributed by atoms with van der Waals surface area (Å²) < 4.78 is 0. The Hall–Kier alpha value is -0.0800. The molecule has 2 nitrogen and oxygen atoms in total. The highest BCUT2D eigenvalue weighted by atomic mass is 16.3. The second-order valence-corrected chi connectivity index (χ2v) is 7.63. The van der Waals surface area contributed by atoms with E-state index >= 15 is 0 Å². The second-order valence-electron chi connectivity index (χ2n) is 7.63. The lowest BCUT2D eigenvalue weighted by molar-refractivity contribution is -0.0303. The fourth-order valence-corrected chi connectivity index (χ4v) is 5.97. The van der Waals surface area contributed by atoms with E-state index in [0.717, 1.165) is 11.8 Å².